The molecule has 0 atom stereocenters. The first-order valence-electron chi connectivity index (χ1n) is 4.81. The number of nitrogens with zero attached hydrogens (tertiary/aromatic N) is 2. The predicted octanol–water partition coefficient (Wildman–Crippen LogP) is -0.962. The molecule has 0 aromatic rings. The van der Waals surface area contributed by atoms with Gasteiger partial charge in [-0.1, -0.05) is 0 Å². The summed E-state index contributed by atoms with van der Waals surface area (Å²) in [4.78, 5) is 14.6. The minimum atomic E-state index is -3.88. The zero-order valence-corrected chi connectivity index (χ0v) is 9.53. The maximum absolute atomic E-state index is 11.0. The van der Waals surface area contributed by atoms with Crippen molar-refractivity contribution in [2.45, 2.75) is 6.92 Å². The fraction of sp³-hybridized carbons (Fsp3) is 0.875. The molecule has 1 heterocycles. The SMILES string of the molecule is CC(=O)N1CCN(CCS(=O)(=O)O)CC1. The van der Waals surface area contributed by atoms with Gasteiger partial charge in [-0.05, 0) is 0 Å². The minimum absolute atomic E-state index is 0.0458. The molecule has 0 aromatic heterocycles. The molecule has 0 aliphatic carbocycles. The number of hydrogen-bond donors (Lipinski definition) is 1. The molecule has 1 amide bonds. The van der Waals surface area contributed by atoms with Gasteiger partial charge in [0.25, 0.3) is 10.1 Å². The van der Waals surface area contributed by atoms with Crippen molar-refractivity contribution in [2.75, 3.05) is 38.5 Å². The Hall–Kier alpha value is -0.660. The van der Waals surface area contributed by atoms with Crippen molar-refractivity contribution in [1.82, 2.24) is 9.80 Å². The lowest BCUT2D eigenvalue weighted by Gasteiger charge is -2.33. The standard InChI is InChI=1S/C8H16N2O4S/c1-8(11)10-4-2-9(3-5-10)6-7-15(12,13)14/h2-7H2,1H3,(H,12,13,14). The van der Waals surface area contributed by atoms with Crippen molar-refractivity contribution in [3.63, 3.8) is 0 Å². The summed E-state index contributed by atoms with van der Waals surface area (Å²) in [6.45, 7) is 4.42. The van der Waals surface area contributed by atoms with Crippen LogP contribution in [0.5, 0.6) is 0 Å². The Morgan fingerprint density at radius 3 is 2.20 bits per heavy atom. The van der Waals surface area contributed by atoms with Crippen molar-refractivity contribution in [3.05, 3.63) is 0 Å². The van der Waals surface area contributed by atoms with Crippen LogP contribution in [0.4, 0.5) is 0 Å². The smallest absolute Gasteiger partial charge is 0.266 e. The van der Waals surface area contributed by atoms with E-state index >= 15 is 0 Å². The fourth-order valence-corrected chi connectivity index (χ4v) is 2.02. The number of carbonyl (C=O) groups excluding carboxylic acids is 1. The summed E-state index contributed by atoms with van der Waals surface area (Å²) in [6.07, 6.45) is 0. The third kappa shape index (κ3) is 4.59. The molecule has 7 heteroatoms. The van der Waals surface area contributed by atoms with Crippen molar-refractivity contribution in [3.8, 4) is 0 Å². The molecule has 1 saturated heterocycles. The minimum Gasteiger partial charge on any atom is -0.340 e. The van der Waals surface area contributed by atoms with Gasteiger partial charge in [-0.3, -0.25) is 14.2 Å². The highest BCUT2D eigenvalue weighted by molar-refractivity contribution is 7.85. The lowest BCUT2D eigenvalue weighted by Crippen LogP contribution is -2.49. The molecule has 1 fully saturated rings. The lowest BCUT2D eigenvalue weighted by molar-refractivity contribution is -0.130. The molecule has 6 nitrogen and oxygen atoms in total. The number of hydrogen-bond acceptors (Lipinski definition) is 4. The Morgan fingerprint density at radius 2 is 1.80 bits per heavy atom. The van der Waals surface area contributed by atoms with Crippen molar-refractivity contribution >= 4 is 16.0 Å². The van der Waals surface area contributed by atoms with Gasteiger partial charge < -0.3 is 4.90 Å². The van der Waals surface area contributed by atoms with Crippen LogP contribution < -0.4 is 0 Å². The van der Waals surface area contributed by atoms with E-state index in [1.165, 1.54) is 6.92 Å². The van der Waals surface area contributed by atoms with Crippen LogP contribution in [-0.4, -0.2) is 67.2 Å². The van der Waals surface area contributed by atoms with E-state index in [1.807, 2.05) is 4.90 Å². The molecule has 1 aliphatic heterocycles. The molecule has 0 bridgehead atoms. The summed E-state index contributed by atoms with van der Waals surface area (Å²) >= 11 is 0. The van der Waals surface area contributed by atoms with Gasteiger partial charge in [-0.2, -0.15) is 8.42 Å². The van der Waals surface area contributed by atoms with Gasteiger partial charge in [0.2, 0.25) is 5.91 Å². The Balaban J connectivity index is 2.29. The third-order valence-electron chi connectivity index (χ3n) is 2.48. The normalized spacial score (nSPS) is 19.2. The van der Waals surface area contributed by atoms with Gasteiger partial charge in [-0.15, -0.1) is 0 Å². The Morgan fingerprint density at radius 1 is 1.27 bits per heavy atom. The third-order valence-corrected chi connectivity index (χ3v) is 3.18. The van der Waals surface area contributed by atoms with Crippen LogP contribution in [0.2, 0.25) is 0 Å². The van der Waals surface area contributed by atoms with Crippen molar-refractivity contribution in [2.24, 2.45) is 0 Å². The quantitative estimate of drug-likeness (QED) is 0.638. The zero-order chi connectivity index (χ0) is 11.5. The maximum atomic E-state index is 11.0. The molecule has 1 aliphatic rings. The van der Waals surface area contributed by atoms with Crippen LogP contribution in [0, 0.1) is 0 Å². The summed E-state index contributed by atoms with van der Waals surface area (Å²) in [6, 6.07) is 0. The Kier molecular flexibility index (Phi) is 4.06. The maximum Gasteiger partial charge on any atom is 0.266 e. The first-order valence-corrected chi connectivity index (χ1v) is 6.42. The topological polar surface area (TPSA) is 77.9 Å². The van der Waals surface area contributed by atoms with E-state index in [4.69, 9.17) is 4.55 Å². The van der Waals surface area contributed by atoms with Crippen LogP contribution in [0.25, 0.3) is 0 Å². The molecule has 88 valence electrons. The van der Waals surface area contributed by atoms with Gasteiger partial charge in [0, 0.05) is 39.6 Å². The van der Waals surface area contributed by atoms with Crippen molar-refractivity contribution < 1.29 is 17.8 Å². The molecule has 1 N–H and O–H groups in total. The van der Waals surface area contributed by atoms with Gasteiger partial charge >= 0.3 is 0 Å². The molecular formula is C8H16N2O4S. The van der Waals surface area contributed by atoms with Crippen LogP contribution in [-0.2, 0) is 14.9 Å². The Bertz CT molecular complexity index is 320. The predicted molar refractivity (Wildman–Crippen MR) is 55.1 cm³/mol. The molecule has 0 saturated carbocycles. The highest BCUT2D eigenvalue weighted by Crippen LogP contribution is 2.01. The van der Waals surface area contributed by atoms with E-state index < -0.39 is 10.1 Å². The fourth-order valence-electron chi connectivity index (χ4n) is 1.53. The molecule has 0 aromatic carbocycles. The average molecular weight is 236 g/mol. The number of piperazine rings is 1. The molecule has 1 rings (SSSR count). The van der Waals surface area contributed by atoms with E-state index in [-0.39, 0.29) is 11.7 Å². The van der Waals surface area contributed by atoms with E-state index in [9.17, 15) is 13.2 Å². The largest absolute Gasteiger partial charge is 0.340 e. The summed E-state index contributed by atoms with van der Waals surface area (Å²) in [7, 11) is -3.88. The highest BCUT2D eigenvalue weighted by Gasteiger charge is 2.19. The second-order valence-electron chi connectivity index (χ2n) is 3.63. The van der Waals surface area contributed by atoms with Crippen molar-refractivity contribution in [1.29, 1.82) is 0 Å². The monoisotopic (exact) mass is 236 g/mol. The molecule has 0 spiro atoms. The Labute approximate surface area is 89.6 Å². The molecule has 15 heavy (non-hydrogen) atoms. The molecule has 0 radical (unpaired) electrons. The summed E-state index contributed by atoms with van der Waals surface area (Å²) in [5.74, 6) is -0.197. The average Bonchev–Trinajstić information content (AvgIpc) is 2.14. The number of rotatable bonds is 3. The summed E-state index contributed by atoms with van der Waals surface area (Å²) in [5, 5.41) is 0. The van der Waals surface area contributed by atoms with Crippen LogP contribution >= 0.6 is 0 Å². The first kappa shape index (κ1) is 12.4. The van der Waals surface area contributed by atoms with E-state index in [2.05, 4.69) is 0 Å². The van der Waals surface area contributed by atoms with Crippen LogP contribution in [0.3, 0.4) is 0 Å². The van der Waals surface area contributed by atoms with Crippen LogP contribution in [0.1, 0.15) is 6.92 Å². The number of carbonyl (C=O) groups is 1. The van der Waals surface area contributed by atoms with Crippen LogP contribution in [0.15, 0.2) is 0 Å². The second-order valence-corrected chi connectivity index (χ2v) is 5.21. The van der Waals surface area contributed by atoms with Gasteiger partial charge in [0.05, 0.1) is 5.75 Å². The molecular weight excluding hydrogens is 220 g/mol. The molecule has 0 unspecified atom stereocenters. The van der Waals surface area contributed by atoms with Gasteiger partial charge in [0.15, 0.2) is 0 Å². The highest BCUT2D eigenvalue weighted by atomic mass is 32.2. The van der Waals surface area contributed by atoms with E-state index in [0.29, 0.717) is 32.7 Å². The zero-order valence-electron chi connectivity index (χ0n) is 8.72. The van der Waals surface area contributed by atoms with E-state index in [1.54, 1.807) is 4.90 Å². The lowest BCUT2D eigenvalue weighted by atomic mass is 10.3. The van der Waals surface area contributed by atoms with Gasteiger partial charge in [0.1, 0.15) is 0 Å². The second kappa shape index (κ2) is 4.91. The first-order chi connectivity index (χ1) is 6.88. The summed E-state index contributed by atoms with van der Waals surface area (Å²) < 4.78 is 29.6. The van der Waals surface area contributed by atoms with Gasteiger partial charge in [-0.25, -0.2) is 0 Å². The number of amides is 1. The van der Waals surface area contributed by atoms with E-state index in [0.717, 1.165) is 0 Å². The summed E-state index contributed by atoms with van der Waals surface area (Å²) in [5.41, 5.74) is 0.